The molecule has 6 atom stereocenters. The number of amides is 1. The van der Waals surface area contributed by atoms with Gasteiger partial charge in [-0.2, -0.15) is 0 Å². The summed E-state index contributed by atoms with van der Waals surface area (Å²) in [6.45, 7) is 0.929. The van der Waals surface area contributed by atoms with E-state index in [0.717, 1.165) is 38.5 Å². The topological polar surface area (TPSA) is 81.0 Å². The molecule has 3 N–H and O–H groups in total. The molecule has 0 aromatic heterocycles. The highest BCUT2D eigenvalue weighted by atomic mass is 16.3. The largest absolute Gasteiger partial charge is 0.508 e. The molecule has 3 bridgehead atoms. The van der Waals surface area contributed by atoms with Gasteiger partial charge < -0.3 is 20.2 Å². The summed E-state index contributed by atoms with van der Waals surface area (Å²) in [4.78, 5) is 14.9. The van der Waals surface area contributed by atoms with Gasteiger partial charge in [0, 0.05) is 19.5 Å². The Bertz CT molecular complexity index is 743. The van der Waals surface area contributed by atoms with Crippen LogP contribution >= 0.6 is 0 Å². The van der Waals surface area contributed by atoms with Crippen LogP contribution in [0.4, 0.5) is 0 Å². The molecule has 5 nitrogen and oxygen atoms in total. The van der Waals surface area contributed by atoms with Gasteiger partial charge in [-0.3, -0.25) is 4.79 Å². The molecule has 1 aliphatic heterocycles. The zero-order valence-electron chi connectivity index (χ0n) is 16.3. The lowest BCUT2D eigenvalue weighted by molar-refractivity contribution is -0.145. The van der Waals surface area contributed by atoms with Gasteiger partial charge in [-0.15, -0.1) is 0 Å². The third-order valence-corrected chi connectivity index (χ3v) is 8.31. The van der Waals surface area contributed by atoms with Crippen LogP contribution in [0.3, 0.4) is 0 Å². The van der Waals surface area contributed by atoms with E-state index in [4.69, 9.17) is 0 Å². The van der Waals surface area contributed by atoms with Gasteiger partial charge in [0.25, 0.3) is 0 Å². The molecule has 0 radical (unpaired) electrons. The third kappa shape index (κ3) is 3.03. The van der Waals surface area contributed by atoms with Gasteiger partial charge in [0.1, 0.15) is 5.75 Å². The molecule has 28 heavy (non-hydrogen) atoms. The van der Waals surface area contributed by atoms with Gasteiger partial charge >= 0.3 is 0 Å². The van der Waals surface area contributed by atoms with Crippen molar-refractivity contribution < 1.29 is 20.1 Å². The van der Waals surface area contributed by atoms with Crippen molar-refractivity contribution in [3.8, 4) is 5.75 Å². The fraction of sp³-hybridized carbons (Fsp3) is 0.696. The van der Waals surface area contributed by atoms with Crippen LogP contribution in [-0.4, -0.2) is 51.4 Å². The highest BCUT2D eigenvalue weighted by Gasteiger charge is 2.56. The second-order valence-electron chi connectivity index (χ2n) is 9.96. The van der Waals surface area contributed by atoms with Crippen molar-refractivity contribution in [2.45, 2.75) is 57.2 Å². The molecule has 4 fully saturated rings. The van der Waals surface area contributed by atoms with E-state index >= 15 is 0 Å². The zero-order chi connectivity index (χ0) is 19.5. The molecule has 1 aromatic carbocycles. The molecule has 5 rings (SSSR count). The Morgan fingerprint density at radius 2 is 1.75 bits per heavy atom. The number of phenolic OH excluding ortho intramolecular Hbond substituents is 1. The van der Waals surface area contributed by atoms with E-state index in [2.05, 4.69) is 0 Å². The van der Waals surface area contributed by atoms with Crippen LogP contribution in [-0.2, 0) is 11.2 Å². The smallest absolute Gasteiger partial charge is 0.223 e. The minimum Gasteiger partial charge on any atom is -0.508 e. The molecule has 1 amide bonds. The van der Waals surface area contributed by atoms with Crippen molar-refractivity contribution in [3.05, 3.63) is 29.8 Å². The van der Waals surface area contributed by atoms with Crippen molar-refractivity contribution in [1.29, 1.82) is 0 Å². The number of aliphatic hydroxyl groups excluding tert-OH is 2. The van der Waals surface area contributed by atoms with Crippen molar-refractivity contribution in [2.75, 3.05) is 13.1 Å². The van der Waals surface area contributed by atoms with E-state index in [1.54, 1.807) is 17.0 Å². The molecule has 4 aliphatic rings. The first-order chi connectivity index (χ1) is 13.4. The second kappa shape index (κ2) is 6.74. The van der Waals surface area contributed by atoms with Gasteiger partial charge in [0.05, 0.1) is 12.2 Å². The Morgan fingerprint density at radius 3 is 2.46 bits per heavy atom. The van der Waals surface area contributed by atoms with Crippen molar-refractivity contribution in [2.24, 2.45) is 29.1 Å². The average molecular weight is 386 g/mol. The minimum atomic E-state index is -0.367. The van der Waals surface area contributed by atoms with E-state index in [1.165, 1.54) is 5.56 Å². The number of hydrogen-bond acceptors (Lipinski definition) is 4. The first-order valence-electron chi connectivity index (χ1n) is 10.9. The fourth-order valence-electron chi connectivity index (χ4n) is 6.91. The molecular formula is C23H31NO4. The summed E-state index contributed by atoms with van der Waals surface area (Å²) in [5, 5.41) is 30.0. The Hall–Kier alpha value is -1.59. The number of β-amino-alcohol motifs (C(OH)–C–C–N with tert-alkyl or cyclic N) is 1. The number of carbonyl (C=O) groups excluding carboxylic acids is 1. The number of fused-ring (bicyclic) bond motifs is 2. The molecule has 152 valence electrons. The van der Waals surface area contributed by atoms with Crippen molar-refractivity contribution in [3.63, 3.8) is 0 Å². The zero-order valence-corrected chi connectivity index (χ0v) is 16.3. The van der Waals surface area contributed by atoms with Crippen LogP contribution < -0.4 is 0 Å². The van der Waals surface area contributed by atoms with Crippen LogP contribution in [0.15, 0.2) is 24.3 Å². The lowest BCUT2D eigenvalue weighted by atomic mass is 9.63. The number of hydrogen-bond donors (Lipinski definition) is 3. The maximum absolute atomic E-state index is 13.1. The van der Waals surface area contributed by atoms with Gasteiger partial charge in [-0.05, 0) is 85.3 Å². The molecular weight excluding hydrogens is 354 g/mol. The van der Waals surface area contributed by atoms with Gasteiger partial charge in [0.2, 0.25) is 5.91 Å². The molecule has 5 heteroatoms. The maximum atomic E-state index is 13.1. The second-order valence-corrected chi connectivity index (χ2v) is 9.96. The maximum Gasteiger partial charge on any atom is 0.223 e. The molecule has 3 saturated carbocycles. The number of nitrogens with zero attached hydrogens (tertiary/aromatic N) is 1. The molecule has 0 spiro atoms. The Kier molecular flexibility index (Phi) is 4.44. The van der Waals surface area contributed by atoms with Crippen LogP contribution in [0.1, 0.15) is 44.1 Å². The Morgan fingerprint density at radius 1 is 1.04 bits per heavy atom. The number of carbonyl (C=O) groups is 1. The molecule has 6 unspecified atom stereocenters. The SMILES string of the molecule is O=C(CC1(Cc2ccc(O)cc2)CCC2CC3CC(CC31)C2O)N1CC(O)C1. The predicted molar refractivity (Wildman–Crippen MR) is 104 cm³/mol. The van der Waals surface area contributed by atoms with Crippen LogP contribution in [0.2, 0.25) is 0 Å². The minimum absolute atomic E-state index is 0.0805. The van der Waals surface area contributed by atoms with Crippen molar-refractivity contribution >= 4 is 5.91 Å². The van der Waals surface area contributed by atoms with Gasteiger partial charge in [-0.1, -0.05) is 12.1 Å². The normalized spacial score (nSPS) is 39.6. The average Bonchev–Trinajstić information content (AvgIpc) is 2.97. The summed E-state index contributed by atoms with van der Waals surface area (Å²) in [6, 6.07) is 7.44. The van der Waals surface area contributed by atoms with Crippen LogP contribution in [0.5, 0.6) is 5.75 Å². The number of likely N-dealkylation sites (tertiary alicyclic amines) is 1. The summed E-state index contributed by atoms with van der Waals surface area (Å²) in [5.74, 6) is 2.32. The van der Waals surface area contributed by atoms with E-state index in [9.17, 15) is 20.1 Å². The molecule has 1 saturated heterocycles. The molecule has 1 aromatic rings. The monoisotopic (exact) mass is 385 g/mol. The summed E-state index contributed by atoms with van der Waals surface area (Å²) >= 11 is 0. The molecule has 3 aliphatic carbocycles. The number of aliphatic hydroxyl groups is 2. The number of aromatic hydroxyl groups is 1. The highest BCUT2D eigenvalue weighted by molar-refractivity contribution is 5.78. The summed E-state index contributed by atoms with van der Waals surface area (Å²) in [7, 11) is 0. The lowest BCUT2D eigenvalue weighted by Gasteiger charge is -2.44. The van der Waals surface area contributed by atoms with E-state index in [-0.39, 0.29) is 29.3 Å². The Balaban J connectivity index is 1.46. The number of benzene rings is 1. The standard InChI is InChI=1S/C23H31NO4/c25-18-3-1-14(2-4-18)10-23(11-21(27)24-12-19(26)13-24)6-5-15-7-16-8-17(22(15)28)9-20(16)23/h1-4,15-17,19-20,22,25-26,28H,5-13H2. The first kappa shape index (κ1) is 18.4. The van der Waals surface area contributed by atoms with E-state index < -0.39 is 0 Å². The van der Waals surface area contributed by atoms with E-state index in [0.29, 0.717) is 43.2 Å². The molecule has 1 heterocycles. The lowest BCUT2D eigenvalue weighted by Crippen LogP contribution is -2.55. The van der Waals surface area contributed by atoms with E-state index in [1.807, 2.05) is 12.1 Å². The van der Waals surface area contributed by atoms with Crippen LogP contribution in [0.25, 0.3) is 0 Å². The van der Waals surface area contributed by atoms with Crippen LogP contribution in [0, 0.1) is 29.1 Å². The summed E-state index contributed by atoms with van der Waals surface area (Å²) in [5.41, 5.74) is 1.10. The van der Waals surface area contributed by atoms with Gasteiger partial charge in [-0.25, -0.2) is 0 Å². The summed E-state index contributed by atoms with van der Waals surface area (Å²) < 4.78 is 0. The highest BCUT2D eigenvalue weighted by Crippen LogP contribution is 2.61. The fourth-order valence-corrected chi connectivity index (χ4v) is 6.91. The number of phenols is 1. The quantitative estimate of drug-likeness (QED) is 0.743. The number of rotatable bonds is 4. The van der Waals surface area contributed by atoms with Gasteiger partial charge in [0.15, 0.2) is 0 Å². The first-order valence-corrected chi connectivity index (χ1v) is 10.9. The summed E-state index contributed by atoms with van der Waals surface area (Å²) in [6.07, 6.45) is 6.10. The van der Waals surface area contributed by atoms with Crippen molar-refractivity contribution in [1.82, 2.24) is 4.90 Å². The third-order valence-electron chi connectivity index (χ3n) is 8.31. The predicted octanol–water partition coefficient (Wildman–Crippen LogP) is 2.33. The Labute approximate surface area is 166 Å².